The number of carboxylic acids is 1. The molecule has 0 amide bonds. The van der Waals surface area contributed by atoms with E-state index in [2.05, 4.69) is 29.5 Å². The molecule has 0 aliphatic heterocycles. The third kappa shape index (κ3) is 5.43. The van der Waals surface area contributed by atoms with Gasteiger partial charge in [0.2, 0.25) is 0 Å². The smallest absolute Gasteiger partial charge is 0.304 e. The molecular formula is C27H26N2O3. The van der Waals surface area contributed by atoms with Crippen LogP contribution in [0.1, 0.15) is 36.0 Å². The third-order valence-corrected chi connectivity index (χ3v) is 5.34. The van der Waals surface area contributed by atoms with Gasteiger partial charge in [-0.3, -0.25) is 9.48 Å². The fourth-order valence-corrected chi connectivity index (χ4v) is 3.76. The highest BCUT2D eigenvalue weighted by Crippen LogP contribution is 2.25. The number of fused-ring (bicyclic) bond motifs is 1. The van der Waals surface area contributed by atoms with Gasteiger partial charge in [-0.2, -0.15) is 5.10 Å². The number of benzene rings is 3. The Morgan fingerprint density at radius 2 is 1.84 bits per heavy atom. The molecule has 5 heteroatoms. The summed E-state index contributed by atoms with van der Waals surface area (Å²) in [4.78, 5) is 11.1. The molecule has 1 aromatic heterocycles. The van der Waals surface area contributed by atoms with Crippen LogP contribution >= 0.6 is 0 Å². The summed E-state index contributed by atoms with van der Waals surface area (Å²) in [5.74, 6) is -0.194. The number of ether oxygens (including phenoxy) is 1. The molecule has 32 heavy (non-hydrogen) atoms. The predicted molar refractivity (Wildman–Crippen MR) is 126 cm³/mol. The lowest BCUT2D eigenvalue weighted by Crippen LogP contribution is -2.04. The van der Waals surface area contributed by atoms with Gasteiger partial charge in [-0.1, -0.05) is 60.7 Å². The van der Waals surface area contributed by atoms with E-state index in [1.165, 1.54) is 5.56 Å². The largest absolute Gasteiger partial charge is 0.489 e. The van der Waals surface area contributed by atoms with Crippen LogP contribution in [0.4, 0.5) is 0 Å². The van der Waals surface area contributed by atoms with Crippen molar-refractivity contribution in [3.63, 3.8) is 0 Å². The Hall–Kier alpha value is -3.86. The maximum absolute atomic E-state index is 11.1. The zero-order valence-corrected chi connectivity index (χ0v) is 18.0. The second-order valence-electron chi connectivity index (χ2n) is 7.79. The molecule has 1 heterocycles. The van der Waals surface area contributed by atoms with E-state index in [-0.39, 0.29) is 12.3 Å². The van der Waals surface area contributed by atoms with Gasteiger partial charge in [0.15, 0.2) is 0 Å². The lowest BCUT2D eigenvalue weighted by atomic mass is 9.95. The lowest BCUT2D eigenvalue weighted by Gasteiger charge is -2.12. The van der Waals surface area contributed by atoms with Crippen LogP contribution in [0.25, 0.3) is 10.9 Å². The molecule has 0 aliphatic carbocycles. The van der Waals surface area contributed by atoms with Crippen molar-refractivity contribution in [3.8, 4) is 5.75 Å². The Morgan fingerprint density at radius 3 is 2.56 bits per heavy atom. The first kappa shape index (κ1) is 21.4. The van der Waals surface area contributed by atoms with Crippen molar-refractivity contribution in [3.05, 3.63) is 108 Å². The summed E-state index contributed by atoms with van der Waals surface area (Å²) in [6, 6.07) is 24.1. The van der Waals surface area contributed by atoms with Gasteiger partial charge in [0.1, 0.15) is 12.4 Å². The Balaban J connectivity index is 1.40. The molecule has 3 aromatic carbocycles. The van der Waals surface area contributed by atoms with Crippen LogP contribution in [0, 0.1) is 0 Å². The van der Waals surface area contributed by atoms with Crippen LogP contribution in [0.15, 0.2) is 91.1 Å². The molecule has 1 N–H and O–H groups in total. The molecule has 0 aliphatic rings. The average Bonchev–Trinajstić information content (AvgIpc) is 3.19. The highest BCUT2D eigenvalue weighted by Gasteiger charge is 2.12. The fraction of sp³-hybridized carbons (Fsp3) is 0.185. The van der Waals surface area contributed by atoms with Crippen LogP contribution in [0.2, 0.25) is 0 Å². The molecule has 5 nitrogen and oxygen atoms in total. The second kappa shape index (κ2) is 9.96. The van der Waals surface area contributed by atoms with E-state index in [0.717, 1.165) is 34.3 Å². The van der Waals surface area contributed by atoms with E-state index < -0.39 is 5.97 Å². The van der Waals surface area contributed by atoms with E-state index in [1.54, 1.807) is 0 Å². The Morgan fingerprint density at radius 1 is 1.06 bits per heavy atom. The maximum atomic E-state index is 11.1. The molecule has 4 aromatic rings. The van der Waals surface area contributed by atoms with Gasteiger partial charge in [0.05, 0.1) is 18.5 Å². The highest BCUT2D eigenvalue weighted by molar-refractivity contribution is 5.78. The minimum Gasteiger partial charge on any atom is -0.489 e. The van der Waals surface area contributed by atoms with Crippen LogP contribution < -0.4 is 4.74 Å². The van der Waals surface area contributed by atoms with Gasteiger partial charge in [0, 0.05) is 17.5 Å². The quantitative estimate of drug-likeness (QED) is 0.344. The van der Waals surface area contributed by atoms with Gasteiger partial charge in [-0.15, -0.1) is 0 Å². The molecule has 0 saturated heterocycles. The summed E-state index contributed by atoms with van der Waals surface area (Å²) in [5.41, 5.74) is 4.21. The first-order valence-corrected chi connectivity index (χ1v) is 10.7. The van der Waals surface area contributed by atoms with Gasteiger partial charge in [-0.05, 0) is 47.9 Å². The van der Waals surface area contributed by atoms with E-state index in [1.807, 2.05) is 78.4 Å². The highest BCUT2D eigenvalue weighted by atomic mass is 16.5. The number of nitrogens with zero attached hydrogens (tertiary/aromatic N) is 2. The fourth-order valence-electron chi connectivity index (χ4n) is 3.76. The standard InChI is InChI=1S/C27H26N2O3/c1-2-6-23(16-27(30)31)22-10-12-25(13-11-22)32-19-21-9-14-26-24(15-21)18-29(28-26)17-20-7-4-3-5-8-20/h2-15,18,23H,16-17,19H2,1H3,(H,30,31)/t23-/m1/s1. The number of aromatic nitrogens is 2. The molecule has 0 saturated carbocycles. The SMILES string of the molecule is CC=C[C@H](CC(=O)O)c1ccc(OCc2ccc3nn(Cc4ccccc4)cc3c2)cc1. The van der Waals surface area contributed by atoms with Gasteiger partial charge < -0.3 is 9.84 Å². The van der Waals surface area contributed by atoms with Crippen molar-refractivity contribution < 1.29 is 14.6 Å². The molecule has 0 fully saturated rings. The van der Waals surface area contributed by atoms with Crippen LogP contribution in [-0.4, -0.2) is 20.9 Å². The number of hydrogen-bond acceptors (Lipinski definition) is 3. The van der Waals surface area contributed by atoms with Crippen molar-refractivity contribution in [1.82, 2.24) is 9.78 Å². The molecule has 1 atom stereocenters. The van der Waals surface area contributed by atoms with E-state index in [0.29, 0.717) is 6.61 Å². The van der Waals surface area contributed by atoms with Crippen molar-refractivity contribution >= 4 is 16.9 Å². The number of allylic oxidation sites excluding steroid dienone is 2. The average molecular weight is 427 g/mol. The van der Waals surface area contributed by atoms with Crippen molar-refractivity contribution in [2.45, 2.75) is 32.4 Å². The molecule has 0 unspecified atom stereocenters. The predicted octanol–water partition coefficient (Wildman–Crippen LogP) is 5.80. The van der Waals surface area contributed by atoms with Gasteiger partial charge in [-0.25, -0.2) is 0 Å². The molecule has 0 spiro atoms. The monoisotopic (exact) mass is 426 g/mol. The molecule has 162 valence electrons. The molecular weight excluding hydrogens is 400 g/mol. The maximum Gasteiger partial charge on any atom is 0.304 e. The summed E-state index contributed by atoms with van der Waals surface area (Å²) < 4.78 is 7.92. The zero-order chi connectivity index (χ0) is 22.3. The molecule has 4 rings (SSSR count). The molecule has 0 radical (unpaired) electrons. The van der Waals surface area contributed by atoms with Crippen LogP contribution in [0.5, 0.6) is 5.75 Å². The topological polar surface area (TPSA) is 64.3 Å². The summed E-state index contributed by atoms with van der Waals surface area (Å²) in [6.45, 7) is 3.09. The third-order valence-electron chi connectivity index (χ3n) is 5.34. The van der Waals surface area contributed by atoms with Gasteiger partial charge in [0.25, 0.3) is 0 Å². The van der Waals surface area contributed by atoms with Crippen molar-refractivity contribution in [2.24, 2.45) is 0 Å². The minimum atomic E-state index is -0.809. The summed E-state index contributed by atoms with van der Waals surface area (Å²) in [7, 11) is 0. The van der Waals surface area contributed by atoms with Gasteiger partial charge >= 0.3 is 5.97 Å². The number of carbonyl (C=O) groups is 1. The summed E-state index contributed by atoms with van der Waals surface area (Å²) in [6.07, 6.45) is 5.93. The van der Waals surface area contributed by atoms with Crippen molar-refractivity contribution in [2.75, 3.05) is 0 Å². The Labute approximate surface area is 187 Å². The minimum absolute atomic E-state index is 0.0719. The molecule has 0 bridgehead atoms. The Kier molecular flexibility index (Phi) is 6.66. The van der Waals surface area contributed by atoms with E-state index in [9.17, 15) is 4.79 Å². The van der Waals surface area contributed by atoms with E-state index in [4.69, 9.17) is 9.84 Å². The summed E-state index contributed by atoms with van der Waals surface area (Å²) >= 11 is 0. The van der Waals surface area contributed by atoms with E-state index >= 15 is 0 Å². The number of carboxylic acid groups (broad SMARTS) is 1. The number of aliphatic carboxylic acids is 1. The van der Waals surface area contributed by atoms with Crippen molar-refractivity contribution in [1.29, 1.82) is 0 Å². The van der Waals surface area contributed by atoms with Crippen LogP contribution in [-0.2, 0) is 17.9 Å². The summed E-state index contributed by atoms with van der Waals surface area (Å²) in [5, 5.41) is 14.9. The first-order chi connectivity index (χ1) is 15.6. The number of rotatable bonds is 9. The number of hydrogen-bond donors (Lipinski definition) is 1. The second-order valence-corrected chi connectivity index (χ2v) is 7.79. The Bertz CT molecular complexity index is 1210. The first-order valence-electron chi connectivity index (χ1n) is 10.7. The lowest BCUT2D eigenvalue weighted by molar-refractivity contribution is -0.137. The van der Waals surface area contributed by atoms with Crippen LogP contribution in [0.3, 0.4) is 0 Å². The normalized spacial score (nSPS) is 12.3. The zero-order valence-electron chi connectivity index (χ0n) is 18.0.